The maximum Gasteiger partial charge on any atom is 0.416 e. The van der Waals surface area contributed by atoms with Crippen molar-refractivity contribution in [2.24, 2.45) is 5.92 Å². The van der Waals surface area contributed by atoms with E-state index in [1.807, 2.05) is 0 Å². The van der Waals surface area contributed by atoms with E-state index in [4.69, 9.17) is 0 Å². The molecule has 3 nitrogen and oxygen atoms in total. The monoisotopic (exact) mass is 364 g/mol. The lowest BCUT2D eigenvalue weighted by Crippen LogP contribution is -2.28. The summed E-state index contributed by atoms with van der Waals surface area (Å²) in [4.78, 5) is 11.7. The molecule has 132 valence electrons. The molecule has 0 aliphatic carbocycles. The van der Waals surface area contributed by atoms with Crippen molar-refractivity contribution in [3.05, 3.63) is 29.3 Å². The van der Waals surface area contributed by atoms with Crippen molar-refractivity contribution in [1.29, 1.82) is 0 Å². The largest absolute Gasteiger partial charge is 0.416 e. The summed E-state index contributed by atoms with van der Waals surface area (Å²) in [6.07, 6.45) is -9.89. The van der Waals surface area contributed by atoms with E-state index in [2.05, 4.69) is 10.6 Å². The quantitative estimate of drug-likeness (QED) is 0.795. The number of hydrogen-bond acceptors (Lipinski definition) is 2. The molecule has 23 heavy (non-hydrogen) atoms. The number of hydrogen-bond donors (Lipinski definition) is 2. The first-order valence-corrected chi connectivity index (χ1v) is 6.20. The molecule has 1 aromatic rings. The van der Waals surface area contributed by atoms with Gasteiger partial charge in [0.2, 0.25) is 5.91 Å². The molecule has 0 aliphatic heterocycles. The van der Waals surface area contributed by atoms with Gasteiger partial charge in [-0.2, -0.15) is 26.3 Å². The van der Waals surface area contributed by atoms with E-state index in [9.17, 15) is 31.1 Å². The number of carbonyl (C=O) groups excluding carboxylic acids is 1. The zero-order chi connectivity index (χ0) is 17.1. The Balaban J connectivity index is 0.00000484. The van der Waals surface area contributed by atoms with E-state index >= 15 is 0 Å². The molecule has 1 atom stereocenters. The van der Waals surface area contributed by atoms with Crippen molar-refractivity contribution in [3.8, 4) is 0 Å². The first-order valence-electron chi connectivity index (χ1n) is 6.20. The molecule has 0 saturated carbocycles. The molecule has 0 heterocycles. The van der Waals surface area contributed by atoms with Gasteiger partial charge in [-0.1, -0.05) is 6.92 Å². The minimum absolute atomic E-state index is 0. The van der Waals surface area contributed by atoms with Gasteiger partial charge in [-0.25, -0.2) is 0 Å². The van der Waals surface area contributed by atoms with E-state index in [0.29, 0.717) is 12.1 Å². The molecule has 0 radical (unpaired) electrons. The third kappa shape index (κ3) is 6.26. The van der Waals surface area contributed by atoms with Crippen molar-refractivity contribution in [2.75, 3.05) is 18.9 Å². The van der Waals surface area contributed by atoms with Gasteiger partial charge in [0, 0.05) is 18.2 Å². The van der Waals surface area contributed by atoms with Crippen LogP contribution in [0.2, 0.25) is 0 Å². The third-order valence-corrected chi connectivity index (χ3v) is 2.81. The maximum atomic E-state index is 12.7. The number of benzene rings is 1. The Morgan fingerprint density at radius 3 is 1.83 bits per heavy atom. The smallest absolute Gasteiger partial charge is 0.326 e. The summed E-state index contributed by atoms with van der Waals surface area (Å²) in [5.74, 6) is -1.30. The van der Waals surface area contributed by atoms with Crippen LogP contribution in [-0.4, -0.2) is 19.5 Å². The zero-order valence-electron chi connectivity index (χ0n) is 12.1. The van der Waals surface area contributed by atoms with Crippen LogP contribution >= 0.6 is 12.4 Å². The van der Waals surface area contributed by atoms with Crippen molar-refractivity contribution in [2.45, 2.75) is 19.3 Å². The van der Waals surface area contributed by atoms with Crippen molar-refractivity contribution < 1.29 is 31.1 Å². The second-order valence-electron chi connectivity index (χ2n) is 4.74. The van der Waals surface area contributed by atoms with E-state index in [-0.39, 0.29) is 25.0 Å². The van der Waals surface area contributed by atoms with Crippen LogP contribution in [0.1, 0.15) is 18.1 Å². The Hall–Kier alpha value is -1.48. The Bertz CT molecular complexity index is 512. The van der Waals surface area contributed by atoms with Crippen LogP contribution in [-0.2, 0) is 17.1 Å². The summed E-state index contributed by atoms with van der Waals surface area (Å²) < 4.78 is 76.0. The van der Waals surface area contributed by atoms with E-state index in [1.54, 1.807) is 7.05 Å². The predicted octanol–water partition coefficient (Wildman–Crippen LogP) is 3.94. The molecule has 0 bridgehead atoms. The number of carbonyl (C=O) groups is 1. The zero-order valence-corrected chi connectivity index (χ0v) is 12.9. The van der Waals surface area contributed by atoms with Gasteiger partial charge < -0.3 is 10.6 Å². The molecular formula is C13H15ClF6N2O. The van der Waals surface area contributed by atoms with Gasteiger partial charge in [0.1, 0.15) is 0 Å². The SMILES string of the molecule is CNCC(C)C(=O)Nc1cc(C(F)(F)F)cc(C(F)(F)F)c1.Cl. The second-order valence-corrected chi connectivity index (χ2v) is 4.74. The molecule has 0 aromatic heterocycles. The Morgan fingerprint density at radius 2 is 1.48 bits per heavy atom. The van der Waals surface area contributed by atoms with Crippen molar-refractivity contribution >= 4 is 24.0 Å². The fourth-order valence-electron chi connectivity index (χ4n) is 1.69. The first kappa shape index (κ1) is 21.5. The van der Waals surface area contributed by atoms with Crippen LogP contribution in [0, 0.1) is 5.92 Å². The molecule has 0 fully saturated rings. The lowest BCUT2D eigenvalue weighted by Gasteiger charge is -2.16. The van der Waals surface area contributed by atoms with Crippen LogP contribution in [0.25, 0.3) is 0 Å². The number of rotatable bonds is 4. The van der Waals surface area contributed by atoms with Crippen LogP contribution < -0.4 is 10.6 Å². The topological polar surface area (TPSA) is 41.1 Å². The number of alkyl halides is 6. The lowest BCUT2D eigenvalue weighted by molar-refractivity contribution is -0.143. The van der Waals surface area contributed by atoms with Gasteiger partial charge >= 0.3 is 12.4 Å². The summed E-state index contributed by atoms with van der Waals surface area (Å²) in [6.45, 7) is 1.72. The minimum Gasteiger partial charge on any atom is -0.326 e. The average molecular weight is 365 g/mol. The number of halogens is 7. The molecule has 0 saturated heterocycles. The molecule has 1 aromatic carbocycles. The molecule has 1 rings (SSSR count). The molecule has 0 spiro atoms. The summed E-state index contributed by atoms with van der Waals surface area (Å²) in [5, 5.41) is 4.76. The standard InChI is InChI=1S/C13H14F6N2O.ClH/c1-7(6-20-2)11(22)21-10-4-8(12(14,15)16)3-9(5-10)13(17,18)19;/h3-5,7,20H,6H2,1-2H3,(H,21,22);1H. The van der Waals surface area contributed by atoms with Crippen molar-refractivity contribution in [3.63, 3.8) is 0 Å². The van der Waals surface area contributed by atoms with Crippen LogP contribution in [0.15, 0.2) is 18.2 Å². The van der Waals surface area contributed by atoms with E-state index < -0.39 is 41.0 Å². The van der Waals surface area contributed by atoms with Gasteiger partial charge in [0.05, 0.1) is 11.1 Å². The highest BCUT2D eigenvalue weighted by atomic mass is 35.5. The van der Waals surface area contributed by atoms with Crippen molar-refractivity contribution in [1.82, 2.24) is 5.32 Å². The van der Waals surface area contributed by atoms with Crippen LogP contribution in [0.4, 0.5) is 32.0 Å². The second kappa shape index (κ2) is 7.87. The molecule has 1 unspecified atom stereocenters. The fraction of sp³-hybridized carbons (Fsp3) is 0.462. The first-order chi connectivity index (χ1) is 9.95. The highest BCUT2D eigenvalue weighted by molar-refractivity contribution is 5.92. The molecule has 0 aliphatic rings. The molecule has 1 amide bonds. The van der Waals surface area contributed by atoms with E-state index in [1.165, 1.54) is 6.92 Å². The highest BCUT2D eigenvalue weighted by Gasteiger charge is 2.37. The number of amides is 1. The Kier molecular flexibility index (Phi) is 7.36. The third-order valence-electron chi connectivity index (χ3n) is 2.81. The summed E-state index contributed by atoms with van der Waals surface area (Å²) in [5.41, 5.74) is -3.49. The Labute approximate surface area is 134 Å². The molecule has 10 heteroatoms. The van der Waals surface area contributed by atoms with Gasteiger partial charge in [-0.3, -0.25) is 4.79 Å². The summed E-state index contributed by atoms with van der Waals surface area (Å²) in [7, 11) is 1.57. The molecule has 2 N–H and O–H groups in total. The van der Waals surface area contributed by atoms with Crippen LogP contribution in [0.5, 0.6) is 0 Å². The lowest BCUT2D eigenvalue weighted by atomic mass is 10.1. The molecular weight excluding hydrogens is 350 g/mol. The average Bonchev–Trinajstić information content (AvgIpc) is 2.36. The predicted molar refractivity (Wildman–Crippen MR) is 75.4 cm³/mol. The van der Waals surface area contributed by atoms with Gasteiger partial charge in [-0.05, 0) is 25.2 Å². The minimum atomic E-state index is -4.95. The summed E-state index contributed by atoms with van der Waals surface area (Å²) in [6, 6.07) is 0.950. The fourth-order valence-corrected chi connectivity index (χ4v) is 1.69. The normalized spacial score (nSPS) is 13.2. The van der Waals surface area contributed by atoms with Gasteiger partial charge in [-0.15, -0.1) is 12.4 Å². The van der Waals surface area contributed by atoms with Gasteiger partial charge in [0.15, 0.2) is 0 Å². The Morgan fingerprint density at radius 1 is 1.04 bits per heavy atom. The number of anilines is 1. The van der Waals surface area contributed by atoms with Gasteiger partial charge in [0.25, 0.3) is 0 Å². The van der Waals surface area contributed by atoms with E-state index in [0.717, 1.165) is 0 Å². The number of nitrogens with one attached hydrogen (secondary N) is 2. The summed E-state index contributed by atoms with van der Waals surface area (Å²) >= 11 is 0. The maximum absolute atomic E-state index is 12.7. The highest BCUT2D eigenvalue weighted by Crippen LogP contribution is 2.37. The van der Waals surface area contributed by atoms with Crippen LogP contribution in [0.3, 0.4) is 0 Å².